The number of benzene rings is 1. The Kier molecular flexibility index (Phi) is 4.37. The lowest BCUT2D eigenvalue weighted by Crippen LogP contribution is -1.99. The fourth-order valence-corrected chi connectivity index (χ4v) is 1.41. The highest BCUT2D eigenvalue weighted by Crippen LogP contribution is 2.39. The summed E-state index contributed by atoms with van der Waals surface area (Å²) in [7, 11) is 4.71. The van der Waals surface area contributed by atoms with E-state index in [4.69, 9.17) is 25.8 Å². The van der Waals surface area contributed by atoms with Gasteiger partial charge in [-0.1, -0.05) is 0 Å². The second-order valence-corrected chi connectivity index (χ2v) is 2.99. The Balaban J connectivity index is 3.16. The largest absolute Gasteiger partial charge is 0.493 e. The van der Waals surface area contributed by atoms with E-state index in [0.717, 1.165) is 5.69 Å². The molecule has 0 aliphatic heterocycles. The summed E-state index contributed by atoms with van der Waals surface area (Å²) < 4.78 is 15.5. The van der Waals surface area contributed by atoms with E-state index in [9.17, 15) is 0 Å². The van der Waals surface area contributed by atoms with Gasteiger partial charge in [-0.25, -0.2) is 0 Å². The summed E-state index contributed by atoms with van der Waals surface area (Å²) in [6.45, 7) is 0. The van der Waals surface area contributed by atoms with Crippen LogP contribution in [0, 0.1) is 0 Å². The Hall–Kier alpha value is -1.29. The van der Waals surface area contributed by atoms with Crippen LogP contribution in [0.3, 0.4) is 0 Å². The van der Waals surface area contributed by atoms with Crippen molar-refractivity contribution in [3.63, 3.8) is 0 Å². The maximum atomic E-state index is 5.58. The number of hydrogen-bond donors (Lipinski definition) is 1. The van der Waals surface area contributed by atoms with E-state index in [1.54, 1.807) is 33.5 Å². The number of methoxy groups -OCH3 is 3. The minimum atomic E-state index is 0.318. The van der Waals surface area contributed by atoms with Crippen molar-refractivity contribution in [1.82, 2.24) is 0 Å². The van der Waals surface area contributed by atoms with Gasteiger partial charge in [-0.2, -0.15) is 0 Å². The maximum Gasteiger partial charge on any atom is 0.203 e. The number of nitrogens with one attached hydrogen (secondary N) is 1. The van der Waals surface area contributed by atoms with Crippen molar-refractivity contribution in [1.29, 1.82) is 0 Å². The minimum absolute atomic E-state index is 0.318. The topological polar surface area (TPSA) is 39.7 Å². The number of anilines is 1. The Morgan fingerprint density at radius 2 is 1.60 bits per heavy atom. The summed E-state index contributed by atoms with van der Waals surface area (Å²) in [4.78, 5) is 0. The van der Waals surface area contributed by atoms with Crippen LogP contribution < -0.4 is 19.5 Å². The van der Waals surface area contributed by atoms with Crippen molar-refractivity contribution in [2.24, 2.45) is 0 Å². The first-order valence-electron chi connectivity index (χ1n) is 4.36. The molecule has 0 bridgehead atoms. The van der Waals surface area contributed by atoms with Crippen molar-refractivity contribution in [3.8, 4) is 17.2 Å². The van der Waals surface area contributed by atoms with Gasteiger partial charge in [0.25, 0.3) is 0 Å². The van der Waals surface area contributed by atoms with Crippen LogP contribution in [0.5, 0.6) is 17.2 Å². The van der Waals surface area contributed by atoms with Gasteiger partial charge in [0.2, 0.25) is 5.75 Å². The van der Waals surface area contributed by atoms with E-state index in [2.05, 4.69) is 5.32 Å². The zero-order valence-corrected chi connectivity index (χ0v) is 9.72. The molecule has 0 heterocycles. The number of ether oxygens (including phenoxy) is 3. The predicted molar refractivity (Wildman–Crippen MR) is 60.4 cm³/mol. The molecular formula is C10H14ClNO3. The lowest BCUT2D eigenvalue weighted by molar-refractivity contribution is 0.324. The Morgan fingerprint density at radius 1 is 1.07 bits per heavy atom. The first kappa shape index (κ1) is 11.8. The summed E-state index contributed by atoms with van der Waals surface area (Å²) in [6.07, 6.45) is 0. The molecule has 5 heteroatoms. The van der Waals surface area contributed by atoms with Crippen molar-refractivity contribution >= 4 is 17.3 Å². The van der Waals surface area contributed by atoms with E-state index in [1.807, 2.05) is 0 Å². The van der Waals surface area contributed by atoms with Gasteiger partial charge in [0, 0.05) is 17.8 Å². The maximum absolute atomic E-state index is 5.58. The van der Waals surface area contributed by atoms with Gasteiger partial charge in [-0.15, -0.1) is 11.6 Å². The summed E-state index contributed by atoms with van der Waals surface area (Å²) in [5.74, 6) is 1.77. The highest BCUT2D eigenvalue weighted by molar-refractivity contribution is 6.18. The van der Waals surface area contributed by atoms with Gasteiger partial charge in [0.05, 0.1) is 27.3 Å². The van der Waals surface area contributed by atoms with E-state index in [-0.39, 0.29) is 0 Å². The summed E-state index contributed by atoms with van der Waals surface area (Å²) in [5, 5.41) is 2.96. The van der Waals surface area contributed by atoms with Crippen molar-refractivity contribution in [2.75, 3.05) is 32.7 Å². The zero-order valence-electron chi connectivity index (χ0n) is 8.96. The SMILES string of the molecule is COc1cc(NCCl)cc(OC)c1OC. The second kappa shape index (κ2) is 5.56. The second-order valence-electron chi connectivity index (χ2n) is 2.72. The van der Waals surface area contributed by atoms with E-state index < -0.39 is 0 Å². The summed E-state index contributed by atoms with van der Waals surface area (Å²) >= 11 is 5.58. The quantitative estimate of drug-likeness (QED) is 0.624. The third-order valence-electron chi connectivity index (χ3n) is 1.94. The number of alkyl halides is 1. The summed E-state index contributed by atoms with van der Waals surface area (Å²) in [6, 6.07) is 3.91. The van der Waals surface area contributed by atoms with Crippen LogP contribution in [0.4, 0.5) is 5.69 Å². The standard InChI is InChI=1S/C10H14ClNO3/c1-13-8-4-7(12-6-11)5-9(14-2)10(8)15-3/h4-5,12H,6H2,1-3H3. The smallest absolute Gasteiger partial charge is 0.203 e. The van der Waals surface area contributed by atoms with Crippen LogP contribution >= 0.6 is 11.6 Å². The molecule has 1 rings (SSSR count). The molecule has 1 N–H and O–H groups in total. The van der Waals surface area contributed by atoms with Gasteiger partial charge < -0.3 is 19.5 Å². The van der Waals surface area contributed by atoms with Crippen molar-refractivity contribution in [3.05, 3.63) is 12.1 Å². The highest BCUT2D eigenvalue weighted by Gasteiger charge is 2.12. The normalized spacial score (nSPS) is 9.60. The van der Waals surface area contributed by atoms with Gasteiger partial charge in [-0.05, 0) is 0 Å². The Bertz CT molecular complexity index is 305. The molecule has 0 unspecified atom stereocenters. The van der Waals surface area contributed by atoms with Crippen molar-refractivity contribution in [2.45, 2.75) is 0 Å². The fourth-order valence-electron chi connectivity index (χ4n) is 1.26. The molecule has 0 amide bonds. The molecule has 1 aromatic rings. The van der Waals surface area contributed by atoms with Gasteiger partial charge in [0.1, 0.15) is 0 Å². The van der Waals surface area contributed by atoms with Crippen LogP contribution in [-0.2, 0) is 0 Å². The van der Waals surface area contributed by atoms with E-state index in [0.29, 0.717) is 23.3 Å². The van der Waals surface area contributed by atoms with Crippen LogP contribution in [-0.4, -0.2) is 27.3 Å². The monoisotopic (exact) mass is 231 g/mol. The number of hydrogen-bond acceptors (Lipinski definition) is 4. The molecule has 0 aliphatic carbocycles. The third kappa shape index (κ3) is 2.59. The summed E-state index contributed by atoms with van der Waals surface area (Å²) in [5.41, 5.74) is 0.819. The molecule has 4 nitrogen and oxygen atoms in total. The third-order valence-corrected chi connectivity index (χ3v) is 2.07. The van der Waals surface area contributed by atoms with Crippen LogP contribution in [0.15, 0.2) is 12.1 Å². The van der Waals surface area contributed by atoms with Gasteiger partial charge in [-0.3, -0.25) is 0 Å². The first-order chi connectivity index (χ1) is 7.26. The van der Waals surface area contributed by atoms with Crippen molar-refractivity contribution < 1.29 is 14.2 Å². The number of halogens is 1. The molecule has 0 saturated heterocycles. The molecule has 0 saturated carbocycles. The van der Waals surface area contributed by atoms with Crippen LogP contribution in [0.1, 0.15) is 0 Å². The Labute approximate surface area is 94.1 Å². The average Bonchev–Trinajstić information content (AvgIpc) is 2.28. The molecule has 15 heavy (non-hydrogen) atoms. The van der Waals surface area contributed by atoms with E-state index in [1.165, 1.54) is 0 Å². The molecule has 84 valence electrons. The minimum Gasteiger partial charge on any atom is -0.493 e. The van der Waals surface area contributed by atoms with Crippen LogP contribution in [0.2, 0.25) is 0 Å². The molecule has 0 radical (unpaired) electrons. The lowest BCUT2D eigenvalue weighted by atomic mass is 10.2. The lowest BCUT2D eigenvalue weighted by Gasteiger charge is -2.14. The molecular weight excluding hydrogens is 218 g/mol. The predicted octanol–water partition coefficient (Wildman–Crippen LogP) is 2.32. The molecule has 0 fully saturated rings. The number of rotatable bonds is 5. The van der Waals surface area contributed by atoms with Gasteiger partial charge in [0.15, 0.2) is 11.5 Å². The van der Waals surface area contributed by atoms with Gasteiger partial charge >= 0.3 is 0 Å². The molecule has 0 spiro atoms. The Morgan fingerprint density at radius 3 is 1.93 bits per heavy atom. The fraction of sp³-hybridized carbons (Fsp3) is 0.400. The molecule has 0 aliphatic rings. The molecule has 0 aromatic heterocycles. The first-order valence-corrected chi connectivity index (χ1v) is 4.90. The van der Waals surface area contributed by atoms with E-state index >= 15 is 0 Å². The highest BCUT2D eigenvalue weighted by atomic mass is 35.5. The van der Waals surface area contributed by atoms with Crippen LogP contribution in [0.25, 0.3) is 0 Å². The molecule has 1 aromatic carbocycles. The molecule has 0 atom stereocenters. The average molecular weight is 232 g/mol. The zero-order chi connectivity index (χ0) is 11.3.